The predicted molar refractivity (Wildman–Crippen MR) is 122 cm³/mol. The van der Waals surface area contributed by atoms with E-state index in [0.717, 1.165) is 16.3 Å². The summed E-state index contributed by atoms with van der Waals surface area (Å²) < 4.78 is 6.17. The minimum Gasteiger partial charge on any atom is -0.450 e. The normalized spacial score (nSPS) is 15.7. The molecule has 1 unspecified atom stereocenters. The third-order valence-corrected chi connectivity index (χ3v) is 6.60. The van der Waals surface area contributed by atoms with Crippen molar-refractivity contribution in [3.8, 4) is 0 Å². The van der Waals surface area contributed by atoms with E-state index in [1.807, 2.05) is 42.5 Å². The molecule has 6 rings (SSSR count). The van der Waals surface area contributed by atoms with Gasteiger partial charge in [-0.2, -0.15) is 0 Å². The van der Waals surface area contributed by atoms with Crippen LogP contribution in [0.3, 0.4) is 0 Å². The molecule has 0 radical (unpaired) electrons. The summed E-state index contributed by atoms with van der Waals surface area (Å²) in [6, 6.07) is 17.8. The number of carbonyl (C=O) groups is 1. The maximum atomic E-state index is 13.7. The van der Waals surface area contributed by atoms with Crippen LogP contribution in [0.5, 0.6) is 0 Å². The van der Waals surface area contributed by atoms with E-state index < -0.39 is 6.04 Å². The maximum Gasteiger partial charge on any atom is 0.297 e. The monoisotopic (exact) mass is 444 g/mol. The molecular weight excluding hydrogens is 432 g/mol. The Balaban J connectivity index is 1.70. The molecule has 0 spiro atoms. The first-order valence-electron chi connectivity index (χ1n) is 9.60. The van der Waals surface area contributed by atoms with E-state index in [1.165, 1.54) is 16.2 Å². The van der Waals surface area contributed by atoms with Gasteiger partial charge in [0.1, 0.15) is 5.58 Å². The van der Waals surface area contributed by atoms with Crippen molar-refractivity contribution in [2.75, 3.05) is 4.90 Å². The number of carbonyl (C=O) groups excluding carboxylic acids is 1. The second-order valence-electron chi connectivity index (χ2n) is 7.28. The van der Waals surface area contributed by atoms with E-state index >= 15 is 0 Å². The molecule has 0 fully saturated rings. The summed E-state index contributed by atoms with van der Waals surface area (Å²) in [6.45, 7) is 0. The van der Waals surface area contributed by atoms with Crippen molar-refractivity contribution in [2.24, 2.45) is 0 Å². The number of hydrogen-bond donors (Lipinski definition) is 0. The predicted octanol–water partition coefficient (Wildman–Crippen LogP) is 5.81. The zero-order chi connectivity index (χ0) is 21.1. The van der Waals surface area contributed by atoms with Gasteiger partial charge in [0, 0.05) is 22.0 Å². The first-order chi connectivity index (χ1) is 15.1. The van der Waals surface area contributed by atoms with Crippen LogP contribution < -0.4 is 10.3 Å². The lowest BCUT2D eigenvalue weighted by Crippen LogP contribution is -2.29. The number of benzene rings is 3. The molecule has 7 heteroatoms. The van der Waals surface area contributed by atoms with Crippen molar-refractivity contribution in [3.63, 3.8) is 0 Å². The number of amides is 1. The van der Waals surface area contributed by atoms with Gasteiger partial charge >= 0.3 is 0 Å². The Labute approximate surface area is 185 Å². The Bertz CT molecular complexity index is 1540. The lowest BCUT2D eigenvalue weighted by molar-refractivity contribution is 0.0971. The molecule has 1 atom stereocenters. The zero-order valence-corrected chi connectivity index (χ0v) is 17.5. The molecule has 150 valence electrons. The number of halogens is 1. The van der Waals surface area contributed by atoms with Crippen LogP contribution in [0.25, 0.3) is 21.7 Å². The average molecular weight is 445 g/mol. The molecule has 0 bridgehead atoms. The number of aromatic nitrogens is 1. The molecule has 5 nitrogen and oxygen atoms in total. The average Bonchev–Trinajstić information content (AvgIpc) is 3.41. The Hall–Kier alpha value is -3.48. The van der Waals surface area contributed by atoms with Crippen LogP contribution in [-0.2, 0) is 0 Å². The number of rotatable bonds is 2. The minimum absolute atomic E-state index is 0.0593. The van der Waals surface area contributed by atoms with Gasteiger partial charge in [0.05, 0.1) is 17.0 Å². The second-order valence-corrected chi connectivity index (χ2v) is 8.59. The molecule has 0 saturated carbocycles. The molecule has 3 aromatic carbocycles. The van der Waals surface area contributed by atoms with Crippen LogP contribution in [0.1, 0.15) is 27.7 Å². The van der Waals surface area contributed by atoms with Gasteiger partial charge in [-0.05, 0) is 29.1 Å². The number of hydrogen-bond acceptors (Lipinski definition) is 5. The number of fused-ring (bicyclic) bond motifs is 4. The fraction of sp³-hybridized carbons (Fsp3) is 0.0417. The summed E-state index contributed by atoms with van der Waals surface area (Å²) in [7, 11) is 0. The third-order valence-electron chi connectivity index (χ3n) is 5.57. The highest BCUT2D eigenvalue weighted by Crippen LogP contribution is 2.42. The highest BCUT2D eigenvalue weighted by atomic mass is 35.5. The van der Waals surface area contributed by atoms with Crippen molar-refractivity contribution >= 4 is 55.7 Å². The van der Waals surface area contributed by atoms with Gasteiger partial charge in [0.25, 0.3) is 5.91 Å². The summed E-state index contributed by atoms with van der Waals surface area (Å²) in [5, 5.41) is 5.06. The number of nitrogens with zero attached hydrogens (tertiary/aromatic N) is 2. The molecule has 2 aromatic heterocycles. The van der Waals surface area contributed by atoms with E-state index in [-0.39, 0.29) is 17.1 Å². The molecule has 3 heterocycles. The largest absolute Gasteiger partial charge is 0.450 e. The Morgan fingerprint density at radius 3 is 2.55 bits per heavy atom. The summed E-state index contributed by atoms with van der Waals surface area (Å²) in [6.07, 6.45) is 1.63. The first kappa shape index (κ1) is 18.3. The van der Waals surface area contributed by atoms with E-state index in [0.29, 0.717) is 26.7 Å². The van der Waals surface area contributed by atoms with Crippen LogP contribution >= 0.6 is 22.9 Å². The van der Waals surface area contributed by atoms with Crippen molar-refractivity contribution < 1.29 is 9.21 Å². The van der Waals surface area contributed by atoms with Crippen LogP contribution in [0, 0.1) is 0 Å². The van der Waals surface area contributed by atoms with Crippen molar-refractivity contribution in [3.05, 3.63) is 104 Å². The van der Waals surface area contributed by atoms with E-state index in [2.05, 4.69) is 4.98 Å². The van der Waals surface area contributed by atoms with Crippen LogP contribution in [-0.4, -0.2) is 10.9 Å². The highest BCUT2D eigenvalue weighted by Gasteiger charge is 2.44. The summed E-state index contributed by atoms with van der Waals surface area (Å²) in [5.74, 6) is -0.319. The Morgan fingerprint density at radius 2 is 1.77 bits per heavy atom. The van der Waals surface area contributed by atoms with Crippen molar-refractivity contribution in [1.29, 1.82) is 0 Å². The summed E-state index contributed by atoms with van der Waals surface area (Å²) >= 11 is 7.41. The van der Waals surface area contributed by atoms with Gasteiger partial charge in [0.2, 0.25) is 5.76 Å². The van der Waals surface area contributed by atoms with Crippen molar-refractivity contribution in [2.45, 2.75) is 6.04 Å². The van der Waals surface area contributed by atoms with Gasteiger partial charge in [-0.3, -0.25) is 14.5 Å². The van der Waals surface area contributed by atoms with Crippen molar-refractivity contribution in [1.82, 2.24) is 4.98 Å². The van der Waals surface area contributed by atoms with E-state index in [9.17, 15) is 9.59 Å². The first-order valence-corrected chi connectivity index (χ1v) is 10.9. The van der Waals surface area contributed by atoms with E-state index in [4.69, 9.17) is 16.0 Å². The van der Waals surface area contributed by atoms with Gasteiger partial charge in [0.15, 0.2) is 10.6 Å². The molecule has 0 saturated heterocycles. The summed E-state index contributed by atoms with van der Waals surface area (Å²) in [5.41, 5.74) is 1.30. The third kappa shape index (κ3) is 2.65. The second kappa shape index (κ2) is 6.77. The topological polar surface area (TPSA) is 63.4 Å². The number of thiazole rings is 1. The Morgan fingerprint density at radius 1 is 0.968 bits per heavy atom. The van der Waals surface area contributed by atoms with Gasteiger partial charge in [-0.1, -0.05) is 54.1 Å². The maximum absolute atomic E-state index is 13.7. The SMILES string of the molecule is O=C1c2oc3c(ccc4ccccc43)c(=O)c2C(c2ccc(Cl)cc2)N1c1nccs1. The molecule has 1 aliphatic heterocycles. The molecular formula is C24H13ClN2O3S. The number of anilines is 1. The molecule has 31 heavy (non-hydrogen) atoms. The van der Waals surface area contributed by atoms with Gasteiger partial charge in [-0.25, -0.2) is 4.98 Å². The molecule has 5 aromatic rings. The van der Waals surface area contributed by atoms with Gasteiger partial charge in [-0.15, -0.1) is 11.3 Å². The zero-order valence-electron chi connectivity index (χ0n) is 15.9. The van der Waals surface area contributed by atoms with Crippen LogP contribution in [0.4, 0.5) is 5.13 Å². The summed E-state index contributed by atoms with van der Waals surface area (Å²) in [4.78, 5) is 33.1. The standard InChI is InChI=1S/C24H13ClN2O3S/c25-15-8-5-14(6-9-15)19-18-20(28)17-10-7-13-3-1-2-4-16(13)21(17)30-22(18)23(29)27(19)24-26-11-12-31-24/h1-12,19H. The highest BCUT2D eigenvalue weighted by molar-refractivity contribution is 7.13. The smallest absolute Gasteiger partial charge is 0.297 e. The lowest BCUT2D eigenvalue weighted by atomic mass is 9.98. The lowest BCUT2D eigenvalue weighted by Gasteiger charge is -2.22. The molecule has 1 aliphatic rings. The molecule has 0 aliphatic carbocycles. The van der Waals surface area contributed by atoms with Crippen LogP contribution in [0.15, 0.2) is 81.5 Å². The molecule has 1 amide bonds. The quantitative estimate of drug-likeness (QED) is 0.322. The van der Waals surface area contributed by atoms with E-state index in [1.54, 1.807) is 29.8 Å². The molecule has 0 N–H and O–H groups in total. The van der Waals surface area contributed by atoms with Gasteiger partial charge < -0.3 is 4.42 Å². The fourth-order valence-corrected chi connectivity index (χ4v) is 4.99. The van der Waals surface area contributed by atoms with Crippen LogP contribution in [0.2, 0.25) is 5.02 Å². The fourth-order valence-electron chi connectivity index (χ4n) is 4.19. The minimum atomic E-state index is -0.641. The Kier molecular flexibility index (Phi) is 4.00.